The van der Waals surface area contributed by atoms with E-state index >= 15 is 0 Å². The third kappa shape index (κ3) is 5.70. The monoisotopic (exact) mass is 433 g/mol. The molecule has 164 valence electrons. The summed E-state index contributed by atoms with van der Waals surface area (Å²) >= 11 is 0. The lowest BCUT2D eigenvalue weighted by atomic mass is 9.77. The highest BCUT2D eigenvalue weighted by Gasteiger charge is 2.29. The Kier molecular flexibility index (Phi) is 6.38. The van der Waals surface area contributed by atoms with Crippen molar-refractivity contribution in [3.05, 3.63) is 41.6 Å². The molecule has 8 heteroatoms. The van der Waals surface area contributed by atoms with E-state index in [0.717, 1.165) is 24.8 Å². The van der Waals surface area contributed by atoms with Crippen molar-refractivity contribution in [3.8, 4) is 0 Å². The topological polar surface area (TPSA) is 101 Å². The Morgan fingerprint density at radius 3 is 2.57 bits per heavy atom. The van der Waals surface area contributed by atoms with Crippen LogP contribution in [0.1, 0.15) is 56.6 Å². The van der Waals surface area contributed by atoms with E-state index in [2.05, 4.69) is 10.4 Å². The molecule has 1 aromatic heterocycles. The molecule has 7 nitrogen and oxygen atoms in total. The molecule has 1 amide bonds. The zero-order valence-corrected chi connectivity index (χ0v) is 18.9. The minimum Gasteiger partial charge on any atom is -0.389 e. The molecule has 2 N–H and O–H groups in total. The summed E-state index contributed by atoms with van der Waals surface area (Å²) in [6.07, 6.45) is 7.06. The van der Waals surface area contributed by atoms with Crippen LogP contribution in [0.2, 0.25) is 0 Å². The van der Waals surface area contributed by atoms with E-state index in [9.17, 15) is 18.3 Å². The first-order valence-corrected chi connectivity index (χ1v) is 12.2. The van der Waals surface area contributed by atoms with Gasteiger partial charge in [-0.05, 0) is 50.3 Å². The number of aliphatic hydroxyl groups is 1. The van der Waals surface area contributed by atoms with E-state index in [1.807, 2.05) is 6.07 Å². The van der Waals surface area contributed by atoms with E-state index in [1.54, 1.807) is 49.8 Å². The molecule has 1 unspecified atom stereocenters. The number of sulfone groups is 1. The Hall–Kier alpha value is -2.19. The van der Waals surface area contributed by atoms with Crippen LogP contribution in [-0.2, 0) is 21.2 Å². The predicted molar refractivity (Wildman–Crippen MR) is 116 cm³/mol. The molecule has 2 aromatic rings. The fourth-order valence-corrected chi connectivity index (χ4v) is 4.85. The summed E-state index contributed by atoms with van der Waals surface area (Å²) < 4.78 is 25.5. The maximum absolute atomic E-state index is 13.1. The van der Waals surface area contributed by atoms with Crippen molar-refractivity contribution in [3.63, 3.8) is 0 Å². The van der Waals surface area contributed by atoms with Crippen LogP contribution >= 0.6 is 0 Å². The van der Waals surface area contributed by atoms with Crippen LogP contribution in [0, 0.1) is 12.8 Å². The van der Waals surface area contributed by atoms with Crippen LogP contribution in [0.15, 0.2) is 35.4 Å². The zero-order valence-electron chi connectivity index (χ0n) is 18.1. The summed E-state index contributed by atoms with van der Waals surface area (Å²) in [5.41, 5.74) is 0.565. The zero-order chi connectivity index (χ0) is 22.1. The molecule has 1 aromatic carbocycles. The number of amides is 1. The van der Waals surface area contributed by atoms with Gasteiger partial charge in [-0.3, -0.25) is 9.48 Å². The van der Waals surface area contributed by atoms with Gasteiger partial charge in [-0.25, -0.2) is 8.42 Å². The number of hydrogen-bond donors (Lipinski definition) is 2. The third-order valence-electron chi connectivity index (χ3n) is 5.55. The summed E-state index contributed by atoms with van der Waals surface area (Å²) in [4.78, 5) is 13.4. The molecule has 1 saturated carbocycles. The molecule has 1 heterocycles. The first-order chi connectivity index (χ1) is 13.9. The van der Waals surface area contributed by atoms with Gasteiger partial charge in [-0.15, -0.1) is 0 Å². The smallest absolute Gasteiger partial charge is 0.233 e. The molecule has 0 bridgehead atoms. The largest absolute Gasteiger partial charge is 0.389 e. The van der Waals surface area contributed by atoms with Crippen molar-refractivity contribution < 1.29 is 18.3 Å². The first-order valence-electron chi connectivity index (χ1n) is 10.3. The molecule has 30 heavy (non-hydrogen) atoms. The van der Waals surface area contributed by atoms with Crippen molar-refractivity contribution in [2.45, 2.75) is 69.4 Å². The summed E-state index contributed by atoms with van der Waals surface area (Å²) in [6, 6.07) is 6.87. The van der Waals surface area contributed by atoms with Crippen molar-refractivity contribution in [2.24, 2.45) is 5.92 Å². The summed E-state index contributed by atoms with van der Waals surface area (Å²) in [5, 5.41) is 17.2. The Morgan fingerprint density at radius 1 is 1.33 bits per heavy atom. The number of carbonyl (C=O) groups is 1. The number of aromatic nitrogens is 2. The van der Waals surface area contributed by atoms with Crippen molar-refractivity contribution in [2.75, 3.05) is 11.6 Å². The number of aryl methyl sites for hydroxylation is 1. The van der Waals surface area contributed by atoms with Gasteiger partial charge in [0.05, 0.1) is 23.0 Å². The molecule has 1 fully saturated rings. The summed E-state index contributed by atoms with van der Waals surface area (Å²) in [5.74, 6) is 0.416. The van der Waals surface area contributed by atoms with Gasteiger partial charge < -0.3 is 10.4 Å². The standard InChI is InChI=1S/C22H31N3O4S/c1-15-12-17(8-9-19(15)30(4,28)29)18(13-16-6-5-7-16)21(26)23-20-10-11-25(24-20)14-22(2,3)27/h8-12,16,18,27H,5-7,13-14H2,1-4H3,(H,23,24,26). The van der Waals surface area contributed by atoms with E-state index in [-0.39, 0.29) is 11.8 Å². The number of hydrogen-bond acceptors (Lipinski definition) is 5. The average molecular weight is 434 g/mol. The Balaban J connectivity index is 1.81. The lowest BCUT2D eigenvalue weighted by Crippen LogP contribution is -2.27. The van der Waals surface area contributed by atoms with Gasteiger partial charge in [0.25, 0.3) is 0 Å². The quantitative estimate of drug-likeness (QED) is 0.665. The molecule has 1 atom stereocenters. The molecule has 1 aliphatic rings. The van der Waals surface area contributed by atoms with Crippen molar-refractivity contribution >= 4 is 21.6 Å². The normalized spacial score (nSPS) is 16.2. The molecule has 1 aliphatic carbocycles. The van der Waals surface area contributed by atoms with Crippen LogP contribution in [0.4, 0.5) is 5.82 Å². The van der Waals surface area contributed by atoms with Gasteiger partial charge in [0.1, 0.15) is 0 Å². The van der Waals surface area contributed by atoms with Crippen LogP contribution < -0.4 is 5.32 Å². The molecule has 0 saturated heterocycles. The number of benzene rings is 1. The van der Waals surface area contributed by atoms with E-state index in [4.69, 9.17) is 0 Å². The highest BCUT2D eigenvalue weighted by Crippen LogP contribution is 2.37. The average Bonchev–Trinajstić information content (AvgIpc) is 2.97. The molecule has 0 aliphatic heterocycles. The van der Waals surface area contributed by atoms with Gasteiger partial charge >= 0.3 is 0 Å². The summed E-state index contributed by atoms with van der Waals surface area (Å²) in [7, 11) is -3.31. The van der Waals surface area contributed by atoms with E-state index < -0.39 is 15.4 Å². The number of carbonyl (C=O) groups excluding carboxylic acids is 1. The second-order valence-corrected chi connectivity index (χ2v) is 11.1. The highest BCUT2D eigenvalue weighted by molar-refractivity contribution is 7.90. The fraction of sp³-hybridized carbons (Fsp3) is 0.545. The summed E-state index contributed by atoms with van der Waals surface area (Å²) in [6.45, 7) is 5.48. The van der Waals surface area contributed by atoms with Crippen molar-refractivity contribution in [1.29, 1.82) is 0 Å². The van der Waals surface area contributed by atoms with E-state index in [1.165, 1.54) is 12.7 Å². The number of anilines is 1. The number of rotatable bonds is 8. The second-order valence-electron chi connectivity index (χ2n) is 9.08. The van der Waals surface area contributed by atoms with Gasteiger partial charge in [0, 0.05) is 18.5 Å². The third-order valence-corrected chi connectivity index (χ3v) is 6.81. The van der Waals surface area contributed by atoms with Gasteiger partial charge in [0.2, 0.25) is 5.91 Å². The Bertz CT molecular complexity index is 1020. The first kappa shape index (κ1) is 22.5. The highest BCUT2D eigenvalue weighted by atomic mass is 32.2. The second kappa shape index (κ2) is 8.51. The predicted octanol–water partition coefficient (Wildman–Crippen LogP) is 3.28. The minimum absolute atomic E-state index is 0.151. The van der Waals surface area contributed by atoms with Crippen LogP contribution in [0.3, 0.4) is 0 Å². The fourth-order valence-electron chi connectivity index (χ4n) is 3.89. The van der Waals surface area contributed by atoms with Crippen LogP contribution in [0.5, 0.6) is 0 Å². The molecular weight excluding hydrogens is 402 g/mol. The molecule has 0 radical (unpaired) electrons. The van der Waals surface area contributed by atoms with Crippen molar-refractivity contribution in [1.82, 2.24) is 9.78 Å². The van der Waals surface area contributed by atoms with Gasteiger partial charge in [0.15, 0.2) is 15.7 Å². The molecule has 3 rings (SSSR count). The van der Waals surface area contributed by atoms with Crippen LogP contribution in [0.25, 0.3) is 0 Å². The lowest BCUT2D eigenvalue weighted by Gasteiger charge is -2.29. The molecule has 0 spiro atoms. The Morgan fingerprint density at radius 2 is 2.03 bits per heavy atom. The minimum atomic E-state index is -3.31. The van der Waals surface area contributed by atoms with Gasteiger partial charge in [-0.1, -0.05) is 31.4 Å². The Labute approximate surface area is 178 Å². The SMILES string of the molecule is Cc1cc(C(CC2CCC2)C(=O)Nc2ccn(CC(C)(C)O)n2)ccc1S(C)(=O)=O. The molecular formula is C22H31N3O4S. The lowest BCUT2D eigenvalue weighted by molar-refractivity contribution is -0.118. The number of nitrogens with one attached hydrogen (secondary N) is 1. The maximum Gasteiger partial charge on any atom is 0.233 e. The van der Waals surface area contributed by atoms with Gasteiger partial charge in [-0.2, -0.15) is 5.10 Å². The number of nitrogens with zero attached hydrogens (tertiary/aromatic N) is 2. The maximum atomic E-state index is 13.1. The van der Waals surface area contributed by atoms with E-state index in [0.29, 0.717) is 28.7 Å². The van der Waals surface area contributed by atoms with Crippen LogP contribution in [-0.4, -0.2) is 41.1 Å².